The van der Waals surface area contributed by atoms with E-state index >= 15 is 0 Å². The molecule has 28 heavy (non-hydrogen) atoms. The highest BCUT2D eigenvalue weighted by atomic mass is 16.4. The number of aryl methyl sites for hydroxylation is 3. The first-order valence-corrected chi connectivity index (χ1v) is 8.83. The number of rotatable bonds is 5. The van der Waals surface area contributed by atoms with E-state index in [4.69, 9.17) is 10.8 Å². The van der Waals surface area contributed by atoms with Crippen LogP contribution in [0.1, 0.15) is 33.0 Å². The quantitative estimate of drug-likeness (QED) is 0.710. The topological polar surface area (TPSA) is 106 Å². The summed E-state index contributed by atoms with van der Waals surface area (Å²) in [6.07, 6.45) is 0.00572. The van der Waals surface area contributed by atoms with E-state index in [-0.39, 0.29) is 12.1 Å². The summed E-state index contributed by atoms with van der Waals surface area (Å²) >= 11 is 0. The van der Waals surface area contributed by atoms with Crippen molar-refractivity contribution >= 4 is 11.9 Å². The van der Waals surface area contributed by atoms with Gasteiger partial charge in [-0.15, -0.1) is 0 Å². The lowest BCUT2D eigenvalue weighted by Crippen LogP contribution is -2.17. The van der Waals surface area contributed by atoms with Crippen LogP contribution >= 0.6 is 0 Å². The van der Waals surface area contributed by atoms with Crippen LogP contribution in [0.3, 0.4) is 0 Å². The Kier molecular flexibility index (Phi) is 5.22. The van der Waals surface area contributed by atoms with Crippen molar-refractivity contribution in [2.24, 2.45) is 5.73 Å². The summed E-state index contributed by atoms with van der Waals surface area (Å²) in [6, 6.07) is 13.4. The van der Waals surface area contributed by atoms with Crippen molar-refractivity contribution in [2.45, 2.75) is 27.2 Å². The van der Waals surface area contributed by atoms with Crippen LogP contribution in [0, 0.1) is 20.8 Å². The second-order valence-electron chi connectivity index (χ2n) is 6.75. The third kappa shape index (κ3) is 3.91. The molecule has 0 unspecified atom stereocenters. The van der Waals surface area contributed by atoms with Crippen molar-refractivity contribution in [1.29, 1.82) is 0 Å². The van der Waals surface area contributed by atoms with Crippen LogP contribution in [0.4, 0.5) is 0 Å². The number of hydrogen-bond acceptors (Lipinski definition) is 4. The van der Waals surface area contributed by atoms with E-state index in [1.807, 2.05) is 56.3 Å². The molecule has 0 saturated carbocycles. The summed E-state index contributed by atoms with van der Waals surface area (Å²) in [6.45, 7) is 5.56. The molecule has 0 radical (unpaired) electrons. The lowest BCUT2D eigenvalue weighted by Gasteiger charge is -2.12. The molecule has 0 aliphatic carbocycles. The van der Waals surface area contributed by atoms with Crippen LogP contribution in [-0.4, -0.2) is 27.0 Å². The fraction of sp³-hybridized carbons (Fsp3) is 0.182. The Hall–Kier alpha value is -3.54. The zero-order valence-corrected chi connectivity index (χ0v) is 16.0. The zero-order chi connectivity index (χ0) is 20.4. The van der Waals surface area contributed by atoms with Gasteiger partial charge < -0.3 is 10.8 Å². The van der Waals surface area contributed by atoms with E-state index in [1.54, 1.807) is 6.92 Å². The third-order valence-corrected chi connectivity index (χ3v) is 4.60. The van der Waals surface area contributed by atoms with Crippen LogP contribution in [0.25, 0.3) is 22.4 Å². The Bertz CT molecular complexity index is 1070. The molecule has 0 bridgehead atoms. The average molecular weight is 375 g/mol. The number of benzene rings is 2. The first kappa shape index (κ1) is 19.2. The van der Waals surface area contributed by atoms with E-state index in [1.165, 1.54) is 0 Å². The number of aliphatic carboxylic acids is 1. The fourth-order valence-corrected chi connectivity index (χ4v) is 3.25. The molecule has 1 amide bonds. The molecular weight excluding hydrogens is 354 g/mol. The Morgan fingerprint density at radius 3 is 2.14 bits per heavy atom. The third-order valence-electron chi connectivity index (χ3n) is 4.60. The minimum Gasteiger partial charge on any atom is -0.481 e. The van der Waals surface area contributed by atoms with Crippen molar-refractivity contribution in [3.63, 3.8) is 0 Å². The fourth-order valence-electron chi connectivity index (χ4n) is 3.25. The molecule has 1 heterocycles. The minimum atomic E-state index is -0.849. The molecule has 3 rings (SSSR count). The van der Waals surface area contributed by atoms with Gasteiger partial charge in [-0.05, 0) is 49.1 Å². The molecule has 2 aromatic carbocycles. The number of carbonyl (C=O) groups is 2. The number of carboxylic acids is 1. The maximum atomic E-state index is 11.6. The smallest absolute Gasteiger partial charge is 0.307 e. The highest BCUT2D eigenvalue weighted by Gasteiger charge is 2.15. The van der Waals surface area contributed by atoms with Gasteiger partial charge in [0.05, 0.1) is 23.5 Å². The number of amides is 1. The van der Waals surface area contributed by atoms with Crippen LogP contribution in [0.5, 0.6) is 0 Å². The summed E-state index contributed by atoms with van der Waals surface area (Å²) in [4.78, 5) is 31.3. The standard InChI is InChI=1S/C22H21N3O3/c1-12-10-17(20-13(2)24-14(3)21(25-20)22(23)28)8-9-18(12)16-6-4-15(5-7-16)11-19(26)27/h4-10H,11H2,1-3H3,(H2,23,28)(H,26,27). The molecule has 1 aromatic heterocycles. The molecule has 6 nitrogen and oxygen atoms in total. The maximum Gasteiger partial charge on any atom is 0.307 e. The Morgan fingerprint density at radius 2 is 1.57 bits per heavy atom. The zero-order valence-electron chi connectivity index (χ0n) is 16.0. The molecular formula is C22H21N3O3. The molecule has 0 aliphatic rings. The summed E-state index contributed by atoms with van der Waals surface area (Å²) in [5.74, 6) is -1.45. The van der Waals surface area contributed by atoms with Crippen LogP contribution in [-0.2, 0) is 11.2 Å². The predicted molar refractivity (Wildman–Crippen MR) is 107 cm³/mol. The van der Waals surface area contributed by atoms with Gasteiger partial charge in [0.25, 0.3) is 5.91 Å². The summed E-state index contributed by atoms with van der Waals surface area (Å²) in [5, 5.41) is 8.89. The minimum absolute atomic E-state index is 0.00572. The van der Waals surface area contributed by atoms with Gasteiger partial charge in [-0.25, -0.2) is 4.98 Å². The second kappa shape index (κ2) is 7.60. The van der Waals surface area contributed by atoms with Crippen molar-refractivity contribution < 1.29 is 14.7 Å². The monoisotopic (exact) mass is 375 g/mol. The van der Waals surface area contributed by atoms with E-state index < -0.39 is 11.9 Å². The number of nitrogens with two attached hydrogens (primary N) is 1. The van der Waals surface area contributed by atoms with E-state index in [0.717, 1.165) is 33.5 Å². The largest absolute Gasteiger partial charge is 0.481 e. The first-order valence-electron chi connectivity index (χ1n) is 8.83. The van der Waals surface area contributed by atoms with Gasteiger partial charge >= 0.3 is 5.97 Å². The molecule has 0 atom stereocenters. The number of aromatic nitrogens is 2. The lowest BCUT2D eigenvalue weighted by atomic mass is 9.96. The van der Waals surface area contributed by atoms with Crippen molar-refractivity contribution in [2.75, 3.05) is 0 Å². The summed E-state index contributed by atoms with van der Waals surface area (Å²) in [7, 11) is 0. The lowest BCUT2D eigenvalue weighted by molar-refractivity contribution is -0.136. The molecule has 142 valence electrons. The van der Waals surface area contributed by atoms with Crippen LogP contribution in [0.2, 0.25) is 0 Å². The summed E-state index contributed by atoms with van der Waals surface area (Å²) in [5.41, 5.74) is 12.2. The molecule has 3 aromatic rings. The van der Waals surface area contributed by atoms with E-state index in [9.17, 15) is 9.59 Å². The Labute approximate surface area is 163 Å². The second-order valence-corrected chi connectivity index (χ2v) is 6.75. The Balaban J connectivity index is 1.98. The van der Waals surface area contributed by atoms with Crippen LogP contribution < -0.4 is 5.73 Å². The molecule has 0 spiro atoms. The van der Waals surface area contributed by atoms with Crippen LogP contribution in [0.15, 0.2) is 42.5 Å². The van der Waals surface area contributed by atoms with Gasteiger partial charge in [-0.3, -0.25) is 14.6 Å². The molecule has 0 saturated heterocycles. The average Bonchev–Trinajstić information content (AvgIpc) is 2.62. The van der Waals surface area contributed by atoms with Gasteiger partial charge in [0.1, 0.15) is 5.69 Å². The molecule has 6 heteroatoms. The number of nitrogens with zero attached hydrogens (tertiary/aromatic N) is 2. The first-order chi connectivity index (χ1) is 13.3. The van der Waals surface area contributed by atoms with Gasteiger partial charge in [0.15, 0.2) is 0 Å². The number of hydrogen-bond donors (Lipinski definition) is 2. The highest BCUT2D eigenvalue weighted by Crippen LogP contribution is 2.29. The van der Waals surface area contributed by atoms with Gasteiger partial charge in [0, 0.05) is 5.56 Å². The number of primary amides is 1. The SMILES string of the molecule is Cc1cc(-c2nc(C(N)=O)c(C)nc2C)ccc1-c1ccc(CC(=O)O)cc1. The molecule has 0 fully saturated rings. The van der Waals surface area contributed by atoms with E-state index in [0.29, 0.717) is 11.4 Å². The number of carbonyl (C=O) groups excluding carboxylic acids is 1. The van der Waals surface area contributed by atoms with Gasteiger partial charge in [-0.1, -0.05) is 36.4 Å². The van der Waals surface area contributed by atoms with Crippen molar-refractivity contribution in [3.8, 4) is 22.4 Å². The molecule has 0 aliphatic heterocycles. The van der Waals surface area contributed by atoms with Gasteiger partial charge in [0.2, 0.25) is 0 Å². The highest BCUT2D eigenvalue weighted by molar-refractivity contribution is 5.92. The normalized spacial score (nSPS) is 10.7. The van der Waals surface area contributed by atoms with E-state index in [2.05, 4.69) is 9.97 Å². The van der Waals surface area contributed by atoms with Crippen molar-refractivity contribution in [1.82, 2.24) is 9.97 Å². The van der Waals surface area contributed by atoms with Crippen molar-refractivity contribution in [3.05, 3.63) is 70.7 Å². The predicted octanol–water partition coefficient (Wildman–Crippen LogP) is 3.46. The molecule has 3 N–H and O–H groups in total. The number of carboxylic acid groups (broad SMARTS) is 1. The summed E-state index contributed by atoms with van der Waals surface area (Å²) < 4.78 is 0. The Morgan fingerprint density at radius 1 is 0.929 bits per heavy atom. The van der Waals surface area contributed by atoms with Gasteiger partial charge in [-0.2, -0.15) is 0 Å². The maximum absolute atomic E-state index is 11.6.